The molecule has 2 aliphatic carbocycles. The van der Waals surface area contributed by atoms with Crippen molar-refractivity contribution in [2.24, 2.45) is 0 Å². The van der Waals surface area contributed by atoms with Gasteiger partial charge in [0.15, 0.2) is 0 Å². The van der Waals surface area contributed by atoms with Crippen molar-refractivity contribution < 1.29 is 0 Å². The topological polar surface area (TPSA) is 8.17 Å². The van der Waals surface area contributed by atoms with E-state index in [0.29, 0.717) is 0 Å². The van der Waals surface area contributed by atoms with Gasteiger partial charge < -0.3 is 9.38 Å². The Balaban J connectivity index is 1.20. The molecule has 5 heteroatoms. The van der Waals surface area contributed by atoms with Gasteiger partial charge in [0.2, 0.25) is 0 Å². The molecule has 0 fully saturated rings. The van der Waals surface area contributed by atoms with Crippen LogP contribution in [-0.2, 0) is 21.7 Å². The van der Waals surface area contributed by atoms with Crippen molar-refractivity contribution in [2.75, 3.05) is 4.81 Å². The summed E-state index contributed by atoms with van der Waals surface area (Å²) in [7, 11) is 0. The Hall–Kier alpha value is -6.14. The number of nitrogens with zero attached hydrogens (tertiary/aromatic N) is 2. The Morgan fingerprint density at radius 2 is 1.21 bits per heavy atom. The predicted octanol–water partition coefficient (Wildman–Crippen LogP) is 16.7. The fraction of sp³-hybridized carbons (Fsp3) is 0.238. The number of benzene rings is 8. The Morgan fingerprint density at radius 1 is 0.529 bits per heavy atom. The van der Waals surface area contributed by atoms with Crippen molar-refractivity contribution in [3.63, 3.8) is 0 Å². The first-order chi connectivity index (χ1) is 32.6. The van der Waals surface area contributed by atoms with Gasteiger partial charge >= 0.3 is 6.85 Å². The lowest BCUT2D eigenvalue weighted by atomic mass is 9.43. The summed E-state index contributed by atoms with van der Waals surface area (Å²) in [5.74, 6) is 0. The van der Waals surface area contributed by atoms with Gasteiger partial charge in [-0.2, -0.15) is 0 Å². The molecule has 3 aromatic heterocycles. The van der Waals surface area contributed by atoms with E-state index in [2.05, 4.69) is 205 Å². The van der Waals surface area contributed by atoms with E-state index in [4.69, 9.17) is 0 Å². The van der Waals surface area contributed by atoms with Gasteiger partial charge in [-0.05, 0) is 134 Å². The Labute approximate surface area is 407 Å². The second-order valence-electron chi connectivity index (χ2n) is 23.5. The van der Waals surface area contributed by atoms with Crippen LogP contribution in [0.3, 0.4) is 0 Å². The van der Waals surface area contributed by atoms with Crippen LogP contribution in [0, 0.1) is 0 Å². The van der Waals surface area contributed by atoms with Gasteiger partial charge in [0.25, 0.3) is 0 Å². The molecule has 0 atom stereocenters. The molecule has 0 N–H and O–H groups in total. The van der Waals surface area contributed by atoms with Crippen molar-refractivity contribution in [3.05, 3.63) is 161 Å². The Morgan fingerprint density at radius 3 is 1.96 bits per heavy atom. The van der Waals surface area contributed by atoms with Gasteiger partial charge in [0.1, 0.15) is 0 Å². The minimum atomic E-state index is -0.152. The first kappa shape index (κ1) is 39.8. The summed E-state index contributed by atoms with van der Waals surface area (Å²) >= 11 is 3.94. The van der Waals surface area contributed by atoms with Gasteiger partial charge in [0.05, 0.1) is 11.0 Å². The molecule has 2 nitrogen and oxygen atoms in total. The molecule has 0 saturated heterocycles. The van der Waals surface area contributed by atoms with Crippen molar-refractivity contribution in [3.8, 4) is 27.9 Å². The molecule has 0 radical (unpaired) electrons. The molecule has 2 aliphatic heterocycles. The minimum Gasteiger partial charge on any atom is -0.376 e. The SMILES string of the molecule is CC(C)(C)c1ccc(N2B3c4cc5c(cc4-n4c6cc7c(cc6c6c8c(sc9ccccc98)c(c3c64)-c3cc4sc6ccccc6c4cc32)C(C)(C)CCC7(C)C)C(C)(C)c2ccccc2-5)cc1. The number of hydrogen-bond acceptors (Lipinski definition) is 3. The molecule has 11 aromatic rings. The average molecular weight is 913 g/mol. The summed E-state index contributed by atoms with van der Waals surface area (Å²) in [6.45, 7) is 21.7. The highest BCUT2D eigenvalue weighted by Gasteiger charge is 2.48. The van der Waals surface area contributed by atoms with Crippen molar-refractivity contribution in [1.29, 1.82) is 0 Å². The van der Waals surface area contributed by atoms with E-state index >= 15 is 0 Å². The summed E-state index contributed by atoms with van der Waals surface area (Å²) < 4.78 is 8.23. The summed E-state index contributed by atoms with van der Waals surface area (Å²) in [5.41, 5.74) is 22.1. The molecular formula is C63H53BN2S2. The fourth-order valence-corrected chi connectivity index (χ4v) is 16.1. The van der Waals surface area contributed by atoms with Crippen LogP contribution < -0.4 is 15.7 Å². The molecule has 0 spiro atoms. The third-order valence-corrected chi connectivity index (χ3v) is 19.7. The van der Waals surface area contributed by atoms with E-state index in [1.54, 1.807) is 0 Å². The zero-order valence-corrected chi connectivity index (χ0v) is 42.0. The van der Waals surface area contributed by atoms with Gasteiger partial charge in [-0.1, -0.05) is 141 Å². The smallest absolute Gasteiger partial charge is 0.333 e. The summed E-state index contributed by atoms with van der Waals surface area (Å²) in [4.78, 5) is 2.77. The highest BCUT2D eigenvalue weighted by atomic mass is 32.1. The molecule has 5 heterocycles. The van der Waals surface area contributed by atoms with Crippen LogP contribution in [0.2, 0.25) is 0 Å². The van der Waals surface area contributed by atoms with E-state index in [1.807, 2.05) is 22.7 Å². The maximum atomic E-state index is 2.78. The monoisotopic (exact) mass is 912 g/mol. The quantitative estimate of drug-likeness (QED) is 0.149. The normalized spacial score (nSPS) is 17.1. The van der Waals surface area contributed by atoms with Crippen LogP contribution in [-0.4, -0.2) is 11.4 Å². The predicted molar refractivity (Wildman–Crippen MR) is 297 cm³/mol. The number of hydrogen-bond donors (Lipinski definition) is 0. The lowest BCUT2D eigenvalue weighted by Crippen LogP contribution is -2.60. The number of anilines is 2. The largest absolute Gasteiger partial charge is 0.376 e. The van der Waals surface area contributed by atoms with Gasteiger partial charge in [-0.25, -0.2) is 0 Å². The number of aromatic nitrogens is 1. The maximum Gasteiger partial charge on any atom is 0.333 e. The molecule has 15 rings (SSSR count). The molecule has 4 aliphatic rings. The summed E-state index contributed by atoms with van der Waals surface area (Å²) in [6, 6.07) is 52.9. The fourth-order valence-electron chi connectivity index (χ4n) is 13.6. The zero-order valence-electron chi connectivity index (χ0n) is 40.4. The van der Waals surface area contributed by atoms with Crippen molar-refractivity contribution >= 4 is 114 Å². The van der Waals surface area contributed by atoms with E-state index < -0.39 is 0 Å². The molecule has 0 amide bonds. The van der Waals surface area contributed by atoms with Gasteiger partial charge in [-0.3, -0.25) is 0 Å². The van der Waals surface area contributed by atoms with Crippen LogP contribution in [0.1, 0.15) is 103 Å². The van der Waals surface area contributed by atoms with E-state index in [0.717, 1.165) is 0 Å². The Kier molecular flexibility index (Phi) is 7.46. The number of rotatable bonds is 1. The first-order valence-corrected chi connectivity index (χ1v) is 26.4. The molecule has 0 unspecified atom stereocenters. The van der Waals surface area contributed by atoms with Crippen molar-refractivity contribution in [1.82, 2.24) is 4.57 Å². The van der Waals surface area contributed by atoms with Gasteiger partial charge in [0, 0.05) is 84.7 Å². The molecule has 0 saturated carbocycles. The lowest BCUT2D eigenvalue weighted by molar-refractivity contribution is 0.332. The highest BCUT2D eigenvalue weighted by Crippen LogP contribution is 2.57. The Bertz CT molecular complexity index is 4110. The number of fused-ring (bicyclic) bond motifs is 20. The van der Waals surface area contributed by atoms with Crippen molar-refractivity contribution in [2.45, 2.75) is 96.8 Å². The molecule has 330 valence electrons. The summed E-state index contributed by atoms with van der Waals surface area (Å²) in [5, 5.41) is 8.26. The molecular weight excluding hydrogens is 860 g/mol. The summed E-state index contributed by atoms with van der Waals surface area (Å²) in [6.07, 6.45) is 2.36. The molecule has 68 heavy (non-hydrogen) atoms. The second kappa shape index (κ2) is 12.7. The van der Waals surface area contributed by atoms with Crippen LogP contribution in [0.15, 0.2) is 133 Å². The average Bonchev–Trinajstić information content (AvgIpc) is 4.05. The second-order valence-corrected chi connectivity index (χ2v) is 25.6. The minimum absolute atomic E-state index is 0.0348. The van der Waals surface area contributed by atoms with Gasteiger partial charge in [-0.15, -0.1) is 22.7 Å². The lowest BCUT2D eigenvalue weighted by Gasteiger charge is -2.43. The van der Waals surface area contributed by atoms with E-state index in [9.17, 15) is 0 Å². The standard InChI is InChI=1S/C63H53BN2S2/c1-60(2,3)34-22-24-35(25-23-34)66-49-30-40-37-17-11-14-20-51(37)67-53(40)31-42(49)56-57-58-54(55-38-18-12-15-21-52(38)68-59(55)56)41-28-45-46(62(6,7)27-26-61(45,4)5)33-48(41)65(58)50-32-44-39(29-47(50)64(57)66)36-16-10-13-19-43(36)63(44,8)9/h10-25,28-33H,26-27H2,1-9H3. The zero-order chi connectivity index (χ0) is 46.1. The van der Waals surface area contributed by atoms with E-state index in [-0.39, 0.29) is 28.5 Å². The molecule has 0 bridgehead atoms. The maximum absolute atomic E-state index is 2.78. The third kappa shape index (κ3) is 4.89. The third-order valence-electron chi connectivity index (χ3n) is 17.4. The van der Waals surface area contributed by atoms with Crippen LogP contribution in [0.25, 0.3) is 90.1 Å². The van der Waals surface area contributed by atoms with E-state index in [1.165, 1.54) is 153 Å². The van der Waals surface area contributed by atoms with Crippen LogP contribution in [0.4, 0.5) is 11.4 Å². The van der Waals surface area contributed by atoms with Crippen LogP contribution >= 0.6 is 22.7 Å². The van der Waals surface area contributed by atoms with Crippen LogP contribution in [0.5, 0.6) is 0 Å². The highest BCUT2D eigenvalue weighted by molar-refractivity contribution is 7.27. The first-order valence-electron chi connectivity index (χ1n) is 24.7. The number of thiophene rings is 2. The molecule has 8 aromatic carbocycles.